The summed E-state index contributed by atoms with van der Waals surface area (Å²) in [6.45, 7) is 13.0. The summed E-state index contributed by atoms with van der Waals surface area (Å²) in [6.07, 6.45) is 0. The predicted molar refractivity (Wildman–Crippen MR) is 148 cm³/mol. The van der Waals surface area contributed by atoms with Crippen LogP contribution in [0.2, 0.25) is 20.1 Å². The Balaban J connectivity index is 2.60. The summed E-state index contributed by atoms with van der Waals surface area (Å²) in [5, 5.41) is 8.09. The van der Waals surface area contributed by atoms with Crippen molar-refractivity contribution in [3.63, 3.8) is 0 Å². The number of nitrogens with two attached hydrogens (primary N) is 2. The zero-order valence-electron chi connectivity index (χ0n) is 20.5. The lowest BCUT2D eigenvalue weighted by Crippen LogP contribution is -2.44. The van der Waals surface area contributed by atoms with Gasteiger partial charge in [0.1, 0.15) is 5.78 Å². The van der Waals surface area contributed by atoms with Crippen LogP contribution in [-0.2, 0) is 4.79 Å². The number of hydrogen-bond acceptors (Lipinski definition) is 5. The maximum atomic E-state index is 14.2. The molecule has 0 spiro atoms. The number of nitrogen functional groups attached to an aromatic ring is 2. The molecule has 6 N–H and O–H groups in total. The van der Waals surface area contributed by atoms with E-state index in [0.29, 0.717) is 44.3 Å². The molecule has 0 fully saturated rings. The van der Waals surface area contributed by atoms with E-state index in [1.165, 1.54) is 0 Å². The second-order valence-electron chi connectivity index (χ2n) is 10.6. The summed E-state index contributed by atoms with van der Waals surface area (Å²) in [4.78, 5) is 14.2. The molecule has 0 saturated heterocycles. The largest absolute Gasteiger partial charge is 0.396 e. The van der Waals surface area contributed by atoms with E-state index >= 15 is 0 Å². The lowest BCUT2D eigenvalue weighted by atomic mass is 9.82. The Kier molecular flexibility index (Phi) is 9.59. The van der Waals surface area contributed by atoms with Crippen molar-refractivity contribution in [1.29, 1.82) is 0 Å². The minimum absolute atomic E-state index is 0.0395. The summed E-state index contributed by atoms with van der Waals surface area (Å²) in [5.41, 5.74) is 13.4. The van der Waals surface area contributed by atoms with Crippen molar-refractivity contribution >= 4 is 63.6 Å². The van der Waals surface area contributed by atoms with E-state index in [1.54, 1.807) is 24.3 Å². The Morgan fingerprint density at radius 1 is 0.706 bits per heavy atom. The number of carbonyl (C=O) groups excluding carboxylic acids is 1. The van der Waals surface area contributed by atoms with Gasteiger partial charge in [0, 0.05) is 24.2 Å². The molecule has 2 aromatic rings. The highest BCUT2D eigenvalue weighted by Gasteiger charge is 2.32. The van der Waals surface area contributed by atoms with Crippen LogP contribution >= 0.6 is 46.4 Å². The van der Waals surface area contributed by atoms with Gasteiger partial charge < -0.3 is 22.1 Å². The molecule has 0 radical (unpaired) electrons. The normalized spacial score (nSPS) is 14.2. The smallest absolute Gasteiger partial charge is 0.150 e. The minimum atomic E-state index is -0.559. The van der Waals surface area contributed by atoms with E-state index < -0.39 is 11.8 Å². The van der Waals surface area contributed by atoms with Gasteiger partial charge in [0.15, 0.2) is 0 Å². The van der Waals surface area contributed by atoms with E-state index in [-0.39, 0.29) is 28.2 Å². The van der Waals surface area contributed by atoms with Crippen LogP contribution in [0.15, 0.2) is 24.3 Å². The number of anilines is 2. The number of ketones is 1. The van der Waals surface area contributed by atoms with Crippen LogP contribution in [0.5, 0.6) is 0 Å². The minimum Gasteiger partial charge on any atom is -0.396 e. The molecule has 2 unspecified atom stereocenters. The van der Waals surface area contributed by atoms with Gasteiger partial charge in [-0.05, 0) is 76.9 Å². The first-order valence-corrected chi connectivity index (χ1v) is 12.5. The first-order valence-electron chi connectivity index (χ1n) is 11.0. The molecule has 9 heteroatoms. The Morgan fingerprint density at radius 2 is 0.971 bits per heavy atom. The van der Waals surface area contributed by atoms with Crippen LogP contribution in [-0.4, -0.2) is 30.0 Å². The molecule has 2 rings (SSSR count). The number of rotatable bonds is 8. The van der Waals surface area contributed by atoms with Crippen molar-refractivity contribution in [3.8, 4) is 0 Å². The lowest BCUT2D eigenvalue weighted by molar-refractivity contribution is -0.122. The number of carbonyl (C=O) groups is 1. The number of halogens is 4. The standard InChI is InChI=1S/C25H34Cl4N4O/c1-24(2,3)32-11-15(13-7-17(26)21(30)18(27)8-13)23(34)16(12-33-25(4,5)6)14-9-19(28)22(31)20(29)10-14/h7-10,15-16,32-33H,11-12,30-31H2,1-6H3. The fourth-order valence-electron chi connectivity index (χ4n) is 3.43. The van der Waals surface area contributed by atoms with Crippen molar-refractivity contribution in [1.82, 2.24) is 10.6 Å². The number of hydrogen-bond donors (Lipinski definition) is 4. The molecule has 0 aromatic heterocycles. The quantitative estimate of drug-likeness (QED) is 0.277. The van der Waals surface area contributed by atoms with E-state index in [0.717, 1.165) is 0 Å². The topological polar surface area (TPSA) is 93.2 Å². The third kappa shape index (κ3) is 7.91. The second-order valence-corrected chi connectivity index (χ2v) is 12.2. The first kappa shape index (κ1) is 29.0. The van der Waals surface area contributed by atoms with Crippen LogP contribution in [0.25, 0.3) is 0 Å². The van der Waals surface area contributed by atoms with Gasteiger partial charge in [-0.2, -0.15) is 0 Å². The van der Waals surface area contributed by atoms with Crippen molar-refractivity contribution < 1.29 is 4.79 Å². The van der Waals surface area contributed by atoms with Crippen molar-refractivity contribution in [3.05, 3.63) is 55.5 Å². The van der Waals surface area contributed by atoms with Crippen LogP contribution < -0.4 is 22.1 Å². The van der Waals surface area contributed by atoms with E-state index in [2.05, 4.69) is 10.6 Å². The van der Waals surface area contributed by atoms with Gasteiger partial charge in [0.2, 0.25) is 0 Å². The maximum absolute atomic E-state index is 14.2. The van der Waals surface area contributed by atoms with Gasteiger partial charge in [0.25, 0.3) is 0 Å². The van der Waals surface area contributed by atoms with Crippen molar-refractivity contribution in [2.24, 2.45) is 0 Å². The number of benzene rings is 2. The van der Waals surface area contributed by atoms with E-state index in [1.807, 2.05) is 41.5 Å². The summed E-state index contributed by atoms with van der Waals surface area (Å²) in [5.74, 6) is -1.16. The average molecular weight is 548 g/mol. The predicted octanol–water partition coefficient (Wildman–Crippen LogP) is 6.68. The van der Waals surface area contributed by atoms with Crippen LogP contribution in [0.4, 0.5) is 11.4 Å². The zero-order valence-corrected chi connectivity index (χ0v) is 23.5. The Labute approximate surface area is 222 Å². The first-order chi connectivity index (χ1) is 15.5. The van der Waals surface area contributed by atoms with E-state index in [9.17, 15) is 4.79 Å². The summed E-state index contributed by atoms with van der Waals surface area (Å²) in [7, 11) is 0. The Hall–Kier alpha value is -1.21. The van der Waals surface area contributed by atoms with Crippen LogP contribution in [0.3, 0.4) is 0 Å². The molecule has 0 aliphatic heterocycles. The van der Waals surface area contributed by atoms with Crippen molar-refractivity contribution in [2.45, 2.75) is 64.5 Å². The number of Topliss-reactive ketones (excluding diaryl/α,β-unsaturated/α-hetero) is 1. The summed E-state index contributed by atoms with van der Waals surface area (Å²) in [6, 6.07) is 6.81. The molecular weight excluding hydrogens is 514 g/mol. The molecule has 2 atom stereocenters. The van der Waals surface area contributed by atoms with Gasteiger partial charge in [-0.25, -0.2) is 0 Å². The average Bonchev–Trinajstić information content (AvgIpc) is 2.68. The molecule has 188 valence electrons. The Morgan fingerprint density at radius 3 is 1.21 bits per heavy atom. The molecule has 34 heavy (non-hydrogen) atoms. The zero-order chi connectivity index (χ0) is 26.0. The third-order valence-corrected chi connectivity index (χ3v) is 6.62. The maximum Gasteiger partial charge on any atom is 0.150 e. The van der Waals surface area contributed by atoms with Crippen molar-refractivity contribution in [2.75, 3.05) is 24.6 Å². The monoisotopic (exact) mass is 546 g/mol. The number of nitrogens with one attached hydrogen (secondary N) is 2. The van der Waals surface area contributed by atoms with Gasteiger partial charge in [0.05, 0.1) is 43.3 Å². The molecule has 0 heterocycles. The van der Waals surface area contributed by atoms with Gasteiger partial charge in [-0.15, -0.1) is 0 Å². The van der Waals surface area contributed by atoms with Gasteiger partial charge in [-0.1, -0.05) is 46.4 Å². The van der Waals surface area contributed by atoms with Crippen LogP contribution in [0.1, 0.15) is 64.5 Å². The van der Waals surface area contributed by atoms with Gasteiger partial charge >= 0.3 is 0 Å². The molecule has 5 nitrogen and oxygen atoms in total. The Bertz CT molecular complexity index is 917. The molecule has 0 aliphatic rings. The lowest BCUT2D eigenvalue weighted by Gasteiger charge is -2.30. The highest BCUT2D eigenvalue weighted by molar-refractivity contribution is 6.39. The molecule has 0 amide bonds. The van der Waals surface area contributed by atoms with Gasteiger partial charge in [-0.3, -0.25) is 4.79 Å². The fraction of sp³-hybridized carbons (Fsp3) is 0.480. The molecule has 0 aliphatic carbocycles. The fourth-order valence-corrected chi connectivity index (χ4v) is 4.44. The summed E-state index contributed by atoms with van der Waals surface area (Å²) < 4.78 is 0. The highest BCUT2D eigenvalue weighted by Crippen LogP contribution is 2.37. The SMILES string of the molecule is CC(C)(C)NCC(C(=O)C(CNC(C)(C)C)c1cc(Cl)c(N)c(Cl)c1)c1cc(Cl)c(N)c(Cl)c1. The third-order valence-electron chi connectivity index (χ3n) is 5.37. The molecule has 0 saturated carbocycles. The summed E-state index contributed by atoms with van der Waals surface area (Å²) >= 11 is 25.3. The highest BCUT2D eigenvalue weighted by atomic mass is 35.5. The molecule has 0 bridgehead atoms. The molecule has 2 aromatic carbocycles. The van der Waals surface area contributed by atoms with Crippen LogP contribution in [0, 0.1) is 0 Å². The van der Waals surface area contributed by atoms with E-state index in [4.69, 9.17) is 57.9 Å². The molecular formula is C25H34Cl4N4O. The second kappa shape index (κ2) is 11.2.